The lowest BCUT2D eigenvalue weighted by Crippen LogP contribution is -2.52. The Labute approximate surface area is 224 Å². The summed E-state index contributed by atoms with van der Waals surface area (Å²) in [7, 11) is -1.13. The number of carbonyl (C=O) groups excluding carboxylic acids is 2. The third-order valence-electron chi connectivity index (χ3n) is 5.92. The van der Waals surface area contributed by atoms with Crippen LogP contribution in [0.1, 0.15) is 43.4 Å². The maximum atomic E-state index is 13.8. The van der Waals surface area contributed by atoms with Crippen LogP contribution in [0.5, 0.6) is 0 Å². The Balaban J connectivity index is 2.46. The van der Waals surface area contributed by atoms with E-state index in [0.717, 1.165) is 42.6 Å². The molecular formula is C26H37BrN4O4S. The summed E-state index contributed by atoms with van der Waals surface area (Å²) < 4.78 is 29.7. The first-order valence-electron chi connectivity index (χ1n) is 12.0. The molecular weight excluding hydrogens is 544 g/mol. The Morgan fingerprint density at radius 3 is 2.28 bits per heavy atom. The van der Waals surface area contributed by atoms with Crippen LogP contribution in [-0.2, 0) is 26.3 Å². The average Bonchev–Trinajstić information content (AvgIpc) is 2.83. The predicted molar refractivity (Wildman–Crippen MR) is 148 cm³/mol. The van der Waals surface area contributed by atoms with Crippen LogP contribution in [-0.4, -0.2) is 62.7 Å². The second-order valence-electron chi connectivity index (χ2n) is 9.06. The molecule has 1 N–H and O–H groups in total. The van der Waals surface area contributed by atoms with E-state index >= 15 is 0 Å². The Morgan fingerprint density at radius 1 is 1.06 bits per heavy atom. The fourth-order valence-electron chi connectivity index (χ4n) is 3.60. The van der Waals surface area contributed by atoms with Crippen LogP contribution in [0.2, 0.25) is 0 Å². The SMILES string of the molecule is CCCCNC(=O)[C@H](C)N(Cc1ccc(Br)cc1)C(=O)CN(c1cc(C)ccc1C)S(=O)(=O)N(C)C. The first kappa shape index (κ1) is 29.8. The molecule has 0 saturated heterocycles. The van der Waals surface area contributed by atoms with Crippen molar-refractivity contribution in [1.29, 1.82) is 0 Å². The molecule has 2 aromatic carbocycles. The Morgan fingerprint density at radius 2 is 1.69 bits per heavy atom. The van der Waals surface area contributed by atoms with E-state index in [1.165, 1.54) is 19.0 Å². The van der Waals surface area contributed by atoms with Gasteiger partial charge in [0.2, 0.25) is 11.8 Å². The van der Waals surface area contributed by atoms with Gasteiger partial charge in [0.1, 0.15) is 12.6 Å². The summed E-state index contributed by atoms with van der Waals surface area (Å²) in [6.45, 7) is 7.62. The van der Waals surface area contributed by atoms with Crippen LogP contribution in [0.3, 0.4) is 0 Å². The number of unbranched alkanes of at least 4 members (excludes halogenated alkanes) is 1. The summed E-state index contributed by atoms with van der Waals surface area (Å²) >= 11 is 3.41. The molecule has 2 amide bonds. The van der Waals surface area contributed by atoms with Crippen molar-refractivity contribution in [3.05, 3.63) is 63.6 Å². The molecule has 0 aliphatic rings. The molecule has 0 aliphatic carbocycles. The highest BCUT2D eigenvalue weighted by Gasteiger charge is 2.33. The van der Waals surface area contributed by atoms with Gasteiger partial charge in [-0.1, -0.05) is 53.5 Å². The number of amides is 2. The molecule has 198 valence electrons. The van der Waals surface area contributed by atoms with Gasteiger partial charge in [-0.05, 0) is 62.1 Å². The highest BCUT2D eigenvalue weighted by Crippen LogP contribution is 2.26. The van der Waals surface area contributed by atoms with E-state index in [4.69, 9.17) is 0 Å². The standard InChI is InChI=1S/C26H37BrN4O4S/c1-7-8-15-28-26(33)21(4)30(17-22-11-13-23(27)14-12-22)25(32)18-31(36(34,35)29(5)6)24-16-19(2)9-10-20(24)3/h9-14,16,21H,7-8,15,17-18H2,1-6H3,(H,28,33)/t21-/m0/s1. The molecule has 0 radical (unpaired) electrons. The zero-order chi connectivity index (χ0) is 27.0. The number of benzene rings is 2. The number of nitrogens with one attached hydrogen (secondary N) is 1. The van der Waals surface area contributed by atoms with E-state index < -0.39 is 28.7 Å². The van der Waals surface area contributed by atoms with E-state index in [1.54, 1.807) is 19.9 Å². The van der Waals surface area contributed by atoms with Gasteiger partial charge < -0.3 is 10.2 Å². The third-order valence-corrected chi connectivity index (χ3v) is 8.25. The van der Waals surface area contributed by atoms with Crippen molar-refractivity contribution in [2.24, 2.45) is 0 Å². The molecule has 0 fully saturated rings. The minimum atomic E-state index is -3.99. The predicted octanol–water partition coefficient (Wildman–Crippen LogP) is 4.01. The number of anilines is 1. The summed E-state index contributed by atoms with van der Waals surface area (Å²) in [5.74, 6) is -0.745. The van der Waals surface area contributed by atoms with Gasteiger partial charge in [-0.25, -0.2) is 4.31 Å². The maximum Gasteiger partial charge on any atom is 0.304 e. The smallest absolute Gasteiger partial charge is 0.304 e. The van der Waals surface area contributed by atoms with Crippen LogP contribution < -0.4 is 9.62 Å². The highest BCUT2D eigenvalue weighted by molar-refractivity contribution is 9.10. The van der Waals surface area contributed by atoms with E-state index in [2.05, 4.69) is 21.2 Å². The molecule has 0 aromatic heterocycles. The van der Waals surface area contributed by atoms with Crippen molar-refractivity contribution in [3.8, 4) is 0 Å². The van der Waals surface area contributed by atoms with Crippen molar-refractivity contribution < 1.29 is 18.0 Å². The number of nitrogens with zero attached hydrogens (tertiary/aromatic N) is 3. The van der Waals surface area contributed by atoms with Crippen molar-refractivity contribution >= 4 is 43.6 Å². The normalized spacial score (nSPS) is 12.3. The highest BCUT2D eigenvalue weighted by atomic mass is 79.9. The molecule has 0 heterocycles. The minimum Gasteiger partial charge on any atom is -0.354 e. The Hall–Kier alpha value is -2.43. The van der Waals surface area contributed by atoms with E-state index in [-0.39, 0.29) is 12.5 Å². The van der Waals surface area contributed by atoms with Gasteiger partial charge in [0.25, 0.3) is 0 Å². The number of aryl methyl sites for hydroxylation is 2. The number of carbonyl (C=O) groups is 2. The first-order valence-corrected chi connectivity index (χ1v) is 14.2. The Kier molecular flexibility index (Phi) is 10.9. The van der Waals surface area contributed by atoms with Crippen LogP contribution in [0.25, 0.3) is 0 Å². The van der Waals surface area contributed by atoms with Crippen LogP contribution in [0, 0.1) is 13.8 Å². The summed E-state index contributed by atoms with van der Waals surface area (Å²) in [6.07, 6.45) is 1.77. The zero-order valence-corrected chi connectivity index (χ0v) is 24.3. The van der Waals surface area contributed by atoms with E-state index in [0.29, 0.717) is 12.2 Å². The molecule has 0 spiro atoms. The van der Waals surface area contributed by atoms with Gasteiger partial charge in [0, 0.05) is 31.7 Å². The number of hydrogen-bond donors (Lipinski definition) is 1. The summed E-state index contributed by atoms with van der Waals surface area (Å²) in [6, 6.07) is 12.1. The topological polar surface area (TPSA) is 90.0 Å². The molecule has 8 nitrogen and oxygen atoms in total. The second kappa shape index (κ2) is 13.2. The first-order chi connectivity index (χ1) is 16.9. The Bertz CT molecular complexity index is 1150. The summed E-state index contributed by atoms with van der Waals surface area (Å²) in [5, 5.41) is 2.88. The molecule has 2 rings (SSSR count). The molecule has 0 saturated carbocycles. The monoisotopic (exact) mass is 580 g/mol. The van der Waals surface area contributed by atoms with E-state index in [9.17, 15) is 18.0 Å². The number of rotatable bonds is 12. The molecule has 10 heteroatoms. The lowest BCUT2D eigenvalue weighted by molar-refractivity contribution is -0.139. The fraction of sp³-hybridized carbons (Fsp3) is 0.462. The van der Waals surface area contributed by atoms with Crippen LogP contribution in [0.4, 0.5) is 5.69 Å². The maximum absolute atomic E-state index is 13.8. The lowest BCUT2D eigenvalue weighted by atomic mass is 10.1. The minimum absolute atomic E-state index is 0.164. The van der Waals surface area contributed by atoms with Gasteiger partial charge in [-0.3, -0.25) is 9.59 Å². The lowest BCUT2D eigenvalue weighted by Gasteiger charge is -2.33. The summed E-state index contributed by atoms with van der Waals surface area (Å²) in [4.78, 5) is 28.1. The van der Waals surface area contributed by atoms with Crippen LogP contribution >= 0.6 is 15.9 Å². The van der Waals surface area contributed by atoms with Gasteiger partial charge in [-0.15, -0.1) is 0 Å². The van der Waals surface area contributed by atoms with Gasteiger partial charge in [-0.2, -0.15) is 12.7 Å². The largest absolute Gasteiger partial charge is 0.354 e. The van der Waals surface area contributed by atoms with Gasteiger partial charge in [0.15, 0.2) is 0 Å². The van der Waals surface area contributed by atoms with E-state index in [1.807, 2.05) is 50.2 Å². The average molecular weight is 582 g/mol. The van der Waals surface area contributed by atoms with Crippen molar-refractivity contribution in [2.45, 2.75) is 53.1 Å². The van der Waals surface area contributed by atoms with Gasteiger partial charge >= 0.3 is 10.2 Å². The molecule has 1 atom stereocenters. The van der Waals surface area contributed by atoms with Crippen molar-refractivity contribution in [1.82, 2.24) is 14.5 Å². The fourth-order valence-corrected chi connectivity index (χ4v) is 4.97. The zero-order valence-electron chi connectivity index (χ0n) is 21.9. The molecule has 0 aliphatic heterocycles. The summed E-state index contributed by atoms with van der Waals surface area (Å²) in [5.41, 5.74) is 2.86. The number of halogens is 1. The number of hydrogen-bond acceptors (Lipinski definition) is 4. The van der Waals surface area contributed by atoms with Gasteiger partial charge in [0.05, 0.1) is 5.69 Å². The van der Waals surface area contributed by atoms with Crippen molar-refractivity contribution in [3.63, 3.8) is 0 Å². The molecule has 0 bridgehead atoms. The van der Waals surface area contributed by atoms with Crippen LogP contribution in [0.15, 0.2) is 46.9 Å². The molecule has 2 aromatic rings. The third kappa shape index (κ3) is 7.78. The van der Waals surface area contributed by atoms with Crippen molar-refractivity contribution in [2.75, 3.05) is 31.5 Å². The second-order valence-corrected chi connectivity index (χ2v) is 12.0. The quantitative estimate of drug-likeness (QED) is 0.384. The molecule has 36 heavy (non-hydrogen) atoms. The molecule has 0 unspecified atom stereocenters.